The maximum absolute atomic E-state index is 3.94. The number of nitrogens with zero attached hydrogens (tertiary/aromatic N) is 4. The van der Waals surface area contributed by atoms with Crippen molar-refractivity contribution in [1.82, 2.24) is 20.2 Å². The van der Waals surface area contributed by atoms with E-state index < -0.39 is 0 Å². The number of hydrogen-bond donors (Lipinski definition) is 0. The second kappa shape index (κ2) is 3.92. The third kappa shape index (κ3) is 1.57. The van der Waals surface area contributed by atoms with Crippen LogP contribution in [0.25, 0.3) is 0 Å². The van der Waals surface area contributed by atoms with Crippen molar-refractivity contribution in [2.24, 2.45) is 0 Å². The topological polar surface area (TPSA) is 43.6 Å². The van der Waals surface area contributed by atoms with Gasteiger partial charge in [-0.2, -0.15) is 0 Å². The molecule has 0 aromatic carbocycles. The summed E-state index contributed by atoms with van der Waals surface area (Å²) in [5.74, 6) is 0. The first-order chi connectivity index (χ1) is 6.23. The van der Waals surface area contributed by atoms with Crippen LogP contribution in [-0.4, -0.2) is 20.2 Å². The van der Waals surface area contributed by atoms with E-state index in [1.807, 2.05) is 4.68 Å². The van der Waals surface area contributed by atoms with Gasteiger partial charge in [-0.1, -0.05) is 18.2 Å². The van der Waals surface area contributed by atoms with Crippen molar-refractivity contribution < 1.29 is 0 Å². The maximum atomic E-state index is 3.94. The van der Waals surface area contributed by atoms with Crippen LogP contribution in [0.1, 0.15) is 20.3 Å². The molecule has 0 saturated carbocycles. The summed E-state index contributed by atoms with van der Waals surface area (Å²) >= 11 is 0. The largest absolute Gasteiger partial charge is 0.222 e. The van der Waals surface area contributed by atoms with Gasteiger partial charge < -0.3 is 0 Å². The molecule has 0 amide bonds. The number of tetrazole rings is 1. The van der Waals surface area contributed by atoms with E-state index in [4.69, 9.17) is 0 Å². The Hall–Kier alpha value is -1.16. The van der Waals surface area contributed by atoms with E-state index >= 15 is 0 Å². The van der Waals surface area contributed by atoms with E-state index in [1.165, 1.54) is 5.57 Å². The van der Waals surface area contributed by atoms with Crippen molar-refractivity contribution in [3.8, 4) is 0 Å². The molecule has 0 fully saturated rings. The van der Waals surface area contributed by atoms with Gasteiger partial charge in [-0.25, -0.2) is 4.68 Å². The Morgan fingerprint density at radius 1 is 1.50 bits per heavy atom. The molecule has 1 atom stereocenters. The Bertz CT molecular complexity index is 355. The van der Waals surface area contributed by atoms with Gasteiger partial charge in [0.25, 0.3) is 0 Å². The van der Waals surface area contributed by atoms with Gasteiger partial charge in [0, 0.05) is 0 Å². The van der Waals surface area contributed by atoms with E-state index in [9.17, 15) is 0 Å². The lowest BCUT2D eigenvalue weighted by Crippen LogP contribution is -2.32. The van der Waals surface area contributed by atoms with Crippen LogP contribution in [0.4, 0.5) is 0 Å². The van der Waals surface area contributed by atoms with Crippen molar-refractivity contribution in [3.05, 3.63) is 30.1 Å². The minimum absolute atomic E-state index is 0. The smallest absolute Gasteiger partial charge is 0.139 e. The fourth-order valence-corrected chi connectivity index (χ4v) is 1.51. The predicted molar refractivity (Wildman–Crippen MR) is 56.2 cm³/mol. The van der Waals surface area contributed by atoms with Crippen molar-refractivity contribution >= 4 is 12.4 Å². The highest BCUT2D eigenvalue weighted by Crippen LogP contribution is 2.31. The molecule has 1 aromatic rings. The van der Waals surface area contributed by atoms with Gasteiger partial charge in [-0.15, -0.1) is 17.5 Å². The number of hydrogen-bond acceptors (Lipinski definition) is 3. The van der Waals surface area contributed by atoms with Crippen LogP contribution in [0.5, 0.6) is 0 Å². The summed E-state index contributed by atoms with van der Waals surface area (Å²) in [6, 6.07) is 0. The van der Waals surface area contributed by atoms with Crippen LogP contribution >= 0.6 is 12.4 Å². The monoisotopic (exact) mass is 212 g/mol. The highest BCUT2D eigenvalue weighted by atomic mass is 35.5. The van der Waals surface area contributed by atoms with Crippen molar-refractivity contribution in [1.29, 1.82) is 0 Å². The molecule has 2 rings (SSSR count). The number of halogens is 1. The molecule has 1 aromatic heterocycles. The van der Waals surface area contributed by atoms with Crippen LogP contribution in [0.15, 0.2) is 30.1 Å². The summed E-state index contributed by atoms with van der Waals surface area (Å²) in [5, 5.41) is 11.3. The van der Waals surface area contributed by atoms with E-state index in [-0.39, 0.29) is 17.9 Å². The summed E-state index contributed by atoms with van der Waals surface area (Å²) in [4.78, 5) is 0. The van der Waals surface area contributed by atoms with E-state index in [0.29, 0.717) is 0 Å². The van der Waals surface area contributed by atoms with E-state index in [0.717, 1.165) is 6.42 Å². The molecule has 4 nitrogen and oxygen atoms in total. The molecule has 5 heteroatoms. The third-order valence-electron chi connectivity index (χ3n) is 2.70. The summed E-state index contributed by atoms with van der Waals surface area (Å²) in [7, 11) is 0. The molecule has 0 spiro atoms. The molecule has 1 unspecified atom stereocenters. The molecule has 0 N–H and O–H groups in total. The first-order valence-corrected chi connectivity index (χ1v) is 4.31. The lowest BCUT2D eigenvalue weighted by molar-refractivity contribution is 0.337. The van der Waals surface area contributed by atoms with E-state index in [1.54, 1.807) is 6.33 Å². The predicted octanol–water partition coefficient (Wildman–Crippen LogP) is 1.72. The minimum Gasteiger partial charge on any atom is -0.222 e. The average Bonchev–Trinajstić information content (AvgIpc) is 2.63. The Labute approximate surface area is 89.1 Å². The molecule has 76 valence electrons. The zero-order valence-corrected chi connectivity index (χ0v) is 9.03. The van der Waals surface area contributed by atoms with Gasteiger partial charge in [0.2, 0.25) is 0 Å². The Kier molecular flexibility index (Phi) is 3.06. The Balaban J connectivity index is 0.000000980. The highest BCUT2D eigenvalue weighted by Gasteiger charge is 2.29. The number of aromatic nitrogens is 4. The van der Waals surface area contributed by atoms with Crippen molar-refractivity contribution in [2.45, 2.75) is 25.8 Å². The molecule has 1 heterocycles. The molecular weight excluding hydrogens is 200 g/mol. The molecular formula is C9H13ClN4. The second-order valence-corrected chi connectivity index (χ2v) is 3.51. The van der Waals surface area contributed by atoms with Crippen LogP contribution in [-0.2, 0) is 5.54 Å². The average molecular weight is 213 g/mol. The molecule has 14 heavy (non-hydrogen) atoms. The number of rotatable bonds is 1. The quantitative estimate of drug-likeness (QED) is 0.712. The molecule has 1 aliphatic rings. The summed E-state index contributed by atoms with van der Waals surface area (Å²) in [5.41, 5.74) is 1.19. The fraction of sp³-hybridized carbons (Fsp3) is 0.444. The normalized spacial score (nSPS) is 25.4. The van der Waals surface area contributed by atoms with Crippen LogP contribution in [0.3, 0.4) is 0 Å². The van der Waals surface area contributed by atoms with Gasteiger partial charge in [-0.3, -0.25) is 0 Å². The lowest BCUT2D eigenvalue weighted by Gasteiger charge is -2.30. The highest BCUT2D eigenvalue weighted by molar-refractivity contribution is 5.85. The van der Waals surface area contributed by atoms with Crippen molar-refractivity contribution in [3.63, 3.8) is 0 Å². The summed E-state index contributed by atoms with van der Waals surface area (Å²) in [6.45, 7) is 4.24. The molecule has 0 aliphatic heterocycles. The number of allylic oxidation sites excluding steroid dienone is 4. The van der Waals surface area contributed by atoms with E-state index in [2.05, 4.69) is 47.6 Å². The standard InChI is InChI=1S/C9H12N4.ClH/c1-8-5-3-4-6-9(8,2)13-7-10-11-12-13;/h3-5,7H,6H2,1-2H3;1H. The molecule has 0 saturated heterocycles. The third-order valence-corrected chi connectivity index (χ3v) is 2.70. The SMILES string of the molecule is CC1=CC=CCC1(C)n1cnnn1.Cl. The molecule has 1 aliphatic carbocycles. The zero-order chi connectivity index (χ0) is 9.31. The Morgan fingerprint density at radius 2 is 2.29 bits per heavy atom. The van der Waals surface area contributed by atoms with Gasteiger partial charge in [-0.05, 0) is 36.3 Å². The lowest BCUT2D eigenvalue weighted by atomic mass is 9.86. The Morgan fingerprint density at radius 3 is 2.86 bits per heavy atom. The fourth-order valence-electron chi connectivity index (χ4n) is 1.51. The molecule has 0 radical (unpaired) electrons. The van der Waals surface area contributed by atoms with Crippen LogP contribution in [0, 0.1) is 0 Å². The van der Waals surface area contributed by atoms with Gasteiger partial charge >= 0.3 is 0 Å². The first kappa shape index (κ1) is 10.9. The van der Waals surface area contributed by atoms with Crippen LogP contribution in [0.2, 0.25) is 0 Å². The van der Waals surface area contributed by atoms with Gasteiger partial charge in [0.05, 0.1) is 5.54 Å². The van der Waals surface area contributed by atoms with Gasteiger partial charge in [0.1, 0.15) is 6.33 Å². The van der Waals surface area contributed by atoms with Crippen molar-refractivity contribution in [2.75, 3.05) is 0 Å². The molecule has 0 bridgehead atoms. The minimum atomic E-state index is -0.0851. The first-order valence-electron chi connectivity index (χ1n) is 4.31. The summed E-state index contributed by atoms with van der Waals surface area (Å²) in [6.07, 6.45) is 8.91. The maximum Gasteiger partial charge on any atom is 0.139 e. The summed E-state index contributed by atoms with van der Waals surface area (Å²) < 4.78 is 1.81. The van der Waals surface area contributed by atoms with Crippen LogP contribution < -0.4 is 0 Å². The second-order valence-electron chi connectivity index (χ2n) is 3.51. The van der Waals surface area contributed by atoms with Gasteiger partial charge in [0.15, 0.2) is 0 Å². The zero-order valence-electron chi connectivity index (χ0n) is 8.21.